The summed E-state index contributed by atoms with van der Waals surface area (Å²) in [4.78, 5) is 25.3. The molecule has 1 aliphatic heterocycles. The molecule has 0 aromatic rings. The molecule has 1 amide bonds. The standard InChI is InChI=1S/C28H51NO3/c1-3-4-5-6-7-8-9-10-11-12-13-14-15-16-17-20-28(31)29-23-21-27(22-24-29)19-18-25-32-26(2)30/h10-11,27H,3-9,12-25H2,1-2H3/b11-10-. The van der Waals surface area contributed by atoms with E-state index in [1.807, 2.05) is 0 Å². The number of allylic oxidation sites excluding steroid dienone is 2. The molecule has 0 aromatic heterocycles. The minimum atomic E-state index is -0.193. The van der Waals surface area contributed by atoms with Crippen LogP contribution in [-0.2, 0) is 14.3 Å². The summed E-state index contributed by atoms with van der Waals surface area (Å²) in [5.74, 6) is 0.830. The van der Waals surface area contributed by atoms with Crippen molar-refractivity contribution >= 4 is 11.9 Å². The monoisotopic (exact) mass is 449 g/mol. The van der Waals surface area contributed by atoms with E-state index in [1.54, 1.807) is 0 Å². The van der Waals surface area contributed by atoms with Crippen LogP contribution in [0.2, 0.25) is 0 Å². The van der Waals surface area contributed by atoms with Crippen LogP contribution < -0.4 is 0 Å². The van der Waals surface area contributed by atoms with E-state index in [1.165, 1.54) is 84.0 Å². The molecule has 0 atom stereocenters. The first kappa shape index (κ1) is 28.7. The molecule has 0 aromatic carbocycles. The zero-order chi connectivity index (χ0) is 23.3. The van der Waals surface area contributed by atoms with Gasteiger partial charge in [0.25, 0.3) is 0 Å². The molecule has 32 heavy (non-hydrogen) atoms. The Morgan fingerprint density at radius 3 is 1.97 bits per heavy atom. The number of carbonyl (C=O) groups is 2. The summed E-state index contributed by atoms with van der Waals surface area (Å²) in [5.41, 5.74) is 0. The average molecular weight is 450 g/mol. The Hall–Kier alpha value is -1.32. The molecule has 186 valence electrons. The number of ether oxygens (including phenoxy) is 1. The van der Waals surface area contributed by atoms with E-state index in [9.17, 15) is 9.59 Å². The normalized spacial score (nSPS) is 14.9. The van der Waals surface area contributed by atoms with E-state index in [-0.39, 0.29) is 5.97 Å². The van der Waals surface area contributed by atoms with Crippen LogP contribution in [0.5, 0.6) is 0 Å². The highest BCUT2D eigenvalue weighted by Gasteiger charge is 2.22. The van der Waals surface area contributed by atoms with Gasteiger partial charge < -0.3 is 9.64 Å². The molecule has 0 unspecified atom stereocenters. The summed E-state index contributed by atoms with van der Waals surface area (Å²) in [6.45, 7) is 6.07. The second-order valence-corrected chi connectivity index (χ2v) is 9.64. The van der Waals surface area contributed by atoms with Gasteiger partial charge in [-0.05, 0) is 63.7 Å². The zero-order valence-electron chi connectivity index (χ0n) is 21.3. The third-order valence-electron chi connectivity index (χ3n) is 6.68. The lowest BCUT2D eigenvalue weighted by molar-refractivity contribution is -0.141. The number of unbranched alkanes of at least 4 members (excludes halogenated alkanes) is 11. The number of amides is 1. The van der Waals surface area contributed by atoms with Crippen LogP contribution in [0, 0.1) is 5.92 Å². The van der Waals surface area contributed by atoms with Crippen molar-refractivity contribution in [3.8, 4) is 0 Å². The van der Waals surface area contributed by atoms with E-state index >= 15 is 0 Å². The molecule has 4 nitrogen and oxygen atoms in total. The molecule has 1 fully saturated rings. The molecule has 0 saturated carbocycles. The van der Waals surface area contributed by atoms with E-state index in [0.29, 0.717) is 18.4 Å². The second-order valence-electron chi connectivity index (χ2n) is 9.64. The maximum atomic E-state index is 12.4. The van der Waals surface area contributed by atoms with Gasteiger partial charge in [-0.2, -0.15) is 0 Å². The summed E-state index contributed by atoms with van der Waals surface area (Å²) >= 11 is 0. The van der Waals surface area contributed by atoms with Crippen LogP contribution in [-0.4, -0.2) is 36.5 Å². The lowest BCUT2D eigenvalue weighted by Gasteiger charge is -2.32. The lowest BCUT2D eigenvalue weighted by atomic mass is 9.92. The van der Waals surface area contributed by atoms with Gasteiger partial charge in [0.05, 0.1) is 6.61 Å². The number of carbonyl (C=O) groups excluding carboxylic acids is 2. The number of esters is 1. The van der Waals surface area contributed by atoms with Gasteiger partial charge in [-0.1, -0.05) is 70.4 Å². The topological polar surface area (TPSA) is 46.6 Å². The number of piperidine rings is 1. The van der Waals surface area contributed by atoms with Gasteiger partial charge in [0.1, 0.15) is 0 Å². The lowest BCUT2D eigenvalue weighted by Crippen LogP contribution is -2.38. The Kier molecular flexibility index (Phi) is 18.2. The SMILES string of the molecule is CCCCCCCC/C=C\CCCCCCCC(=O)N1CCC(CCCOC(C)=O)CC1. The van der Waals surface area contributed by atoms with E-state index in [0.717, 1.165) is 51.6 Å². The number of rotatable bonds is 19. The predicted octanol–water partition coefficient (Wildman–Crippen LogP) is 7.61. The molecule has 1 aliphatic rings. The molecule has 0 bridgehead atoms. The van der Waals surface area contributed by atoms with Crippen LogP contribution in [0.4, 0.5) is 0 Å². The number of likely N-dealkylation sites (tertiary alicyclic amines) is 1. The largest absolute Gasteiger partial charge is 0.466 e. The Morgan fingerprint density at radius 1 is 0.812 bits per heavy atom. The van der Waals surface area contributed by atoms with Crippen molar-refractivity contribution in [1.29, 1.82) is 0 Å². The first-order valence-corrected chi connectivity index (χ1v) is 13.7. The van der Waals surface area contributed by atoms with Crippen LogP contribution in [0.3, 0.4) is 0 Å². The van der Waals surface area contributed by atoms with Gasteiger partial charge >= 0.3 is 5.97 Å². The Labute approximate surface area is 198 Å². The Balaban J connectivity index is 1.88. The highest BCUT2D eigenvalue weighted by atomic mass is 16.5. The molecule has 0 spiro atoms. The zero-order valence-corrected chi connectivity index (χ0v) is 21.3. The summed E-state index contributed by atoms with van der Waals surface area (Å²) < 4.78 is 5.00. The smallest absolute Gasteiger partial charge is 0.302 e. The molecule has 1 heterocycles. The molecule has 1 saturated heterocycles. The van der Waals surface area contributed by atoms with Crippen LogP contribution in [0.1, 0.15) is 129 Å². The van der Waals surface area contributed by atoms with Crippen molar-refractivity contribution in [2.75, 3.05) is 19.7 Å². The third-order valence-corrected chi connectivity index (χ3v) is 6.68. The molecule has 0 N–H and O–H groups in total. The van der Waals surface area contributed by atoms with Crippen LogP contribution in [0.15, 0.2) is 12.2 Å². The van der Waals surface area contributed by atoms with Gasteiger partial charge in [-0.3, -0.25) is 9.59 Å². The predicted molar refractivity (Wildman–Crippen MR) is 135 cm³/mol. The van der Waals surface area contributed by atoms with E-state index in [4.69, 9.17) is 4.74 Å². The van der Waals surface area contributed by atoms with Crippen molar-refractivity contribution in [3.05, 3.63) is 12.2 Å². The molecule has 4 heteroatoms. The van der Waals surface area contributed by atoms with Crippen molar-refractivity contribution in [1.82, 2.24) is 4.90 Å². The number of hydrogen-bond donors (Lipinski definition) is 0. The quantitative estimate of drug-likeness (QED) is 0.116. The van der Waals surface area contributed by atoms with Gasteiger partial charge in [0.15, 0.2) is 0 Å². The first-order chi connectivity index (χ1) is 15.6. The summed E-state index contributed by atoms with van der Waals surface area (Å²) in [5, 5.41) is 0. The maximum absolute atomic E-state index is 12.4. The molecule has 0 radical (unpaired) electrons. The summed E-state index contributed by atoms with van der Waals surface area (Å²) in [6.07, 6.45) is 26.5. The fraction of sp³-hybridized carbons (Fsp3) is 0.857. The summed E-state index contributed by atoms with van der Waals surface area (Å²) in [7, 11) is 0. The average Bonchev–Trinajstić information content (AvgIpc) is 2.79. The fourth-order valence-corrected chi connectivity index (χ4v) is 4.56. The third kappa shape index (κ3) is 16.3. The van der Waals surface area contributed by atoms with E-state index in [2.05, 4.69) is 24.0 Å². The second kappa shape index (κ2) is 20.3. The molecular formula is C28H51NO3. The first-order valence-electron chi connectivity index (χ1n) is 13.7. The maximum Gasteiger partial charge on any atom is 0.302 e. The fourth-order valence-electron chi connectivity index (χ4n) is 4.56. The van der Waals surface area contributed by atoms with E-state index < -0.39 is 0 Å². The van der Waals surface area contributed by atoms with Gasteiger partial charge in [0.2, 0.25) is 5.91 Å². The highest BCUT2D eigenvalue weighted by molar-refractivity contribution is 5.76. The Bertz CT molecular complexity index is 495. The Morgan fingerprint density at radius 2 is 1.38 bits per heavy atom. The van der Waals surface area contributed by atoms with Crippen molar-refractivity contribution in [2.45, 2.75) is 129 Å². The van der Waals surface area contributed by atoms with Crippen LogP contribution in [0.25, 0.3) is 0 Å². The minimum Gasteiger partial charge on any atom is -0.466 e. The van der Waals surface area contributed by atoms with Crippen molar-refractivity contribution in [3.63, 3.8) is 0 Å². The number of nitrogens with zero attached hydrogens (tertiary/aromatic N) is 1. The molecular weight excluding hydrogens is 398 g/mol. The minimum absolute atomic E-state index is 0.193. The van der Waals surface area contributed by atoms with Gasteiger partial charge in [0, 0.05) is 26.4 Å². The van der Waals surface area contributed by atoms with Crippen molar-refractivity contribution in [2.24, 2.45) is 5.92 Å². The van der Waals surface area contributed by atoms with Crippen molar-refractivity contribution < 1.29 is 14.3 Å². The molecule has 1 rings (SSSR count). The van der Waals surface area contributed by atoms with Gasteiger partial charge in [-0.25, -0.2) is 0 Å². The van der Waals surface area contributed by atoms with Crippen LogP contribution >= 0.6 is 0 Å². The molecule has 0 aliphatic carbocycles. The highest BCUT2D eigenvalue weighted by Crippen LogP contribution is 2.23. The summed E-state index contributed by atoms with van der Waals surface area (Å²) in [6, 6.07) is 0. The van der Waals surface area contributed by atoms with Gasteiger partial charge in [-0.15, -0.1) is 0 Å². The number of hydrogen-bond acceptors (Lipinski definition) is 3.